The lowest BCUT2D eigenvalue weighted by molar-refractivity contribution is -0.384. The van der Waals surface area contributed by atoms with Crippen LogP contribution in [0, 0.1) is 17.0 Å². The van der Waals surface area contributed by atoms with Gasteiger partial charge in [-0.2, -0.15) is 17.0 Å². The largest absolute Gasteiger partial charge is 0.367 e. The summed E-state index contributed by atoms with van der Waals surface area (Å²) in [7, 11) is -1.48. The van der Waals surface area contributed by atoms with E-state index >= 15 is 0 Å². The van der Waals surface area contributed by atoms with Crippen LogP contribution >= 0.6 is 11.6 Å². The Morgan fingerprint density at radius 2 is 1.52 bits per heavy atom. The molecular weight excluding hydrogens is 394 g/mol. The second-order valence-corrected chi connectivity index (χ2v) is 9.28. The predicted molar refractivity (Wildman–Crippen MR) is 105 cm³/mol. The molecule has 27 heavy (non-hydrogen) atoms. The van der Waals surface area contributed by atoms with Crippen LogP contribution in [-0.2, 0) is 10.2 Å². The van der Waals surface area contributed by atoms with Crippen molar-refractivity contribution in [2.24, 2.45) is 0 Å². The Hall–Kier alpha value is -1.46. The molecule has 0 spiro atoms. The summed E-state index contributed by atoms with van der Waals surface area (Å²) in [6.07, 6.45) is 0. The van der Waals surface area contributed by atoms with Gasteiger partial charge in [-0.05, 0) is 19.5 Å². The summed E-state index contributed by atoms with van der Waals surface area (Å²) in [6, 6.07) is 2.84. The molecule has 0 aromatic heterocycles. The molecule has 2 aliphatic rings. The summed E-state index contributed by atoms with van der Waals surface area (Å²) < 4.78 is 28.8. The zero-order valence-electron chi connectivity index (χ0n) is 15.5. The lowest BCUT2D eigenvalue weighted by atomic mass is 10.1. The normalized spacial score (nSPS) is 20.8. The molecule has 150 valence electrons. The fourth-order valence-electron chi connectivity index (χ4n) is 3.55. The number of nitro benzene ring substituents is 1. The highest BCUT2D eigenvalue weighted by atomic mass is 35.5. The molecule has 2 fully saturated rings. The summed E-state index contributed by atoms with van der Waals surface area (Å²) in [5.74, 6) is 0. The highest BCUT2D eigenvalue weighted by molar-refractivity contribution is 7.86. The van der Waals surface area contributed by atoms with Crippen LogP contribution in [0.4, 0.5) is 11.4 Å². The third-order valence-electron chi connectivity index (χ3n) is 5.12. The van der Waals surface area contributed by atoms with Crippen molar-refractivity contribution in [2.75, 3.05) is 64.3 Å². The van der Waals surface area contributed by atoms with E-state index < -0.39 is 15.1 Å². The van der Waals surface area contributed by atoms with Crippen molar-refractivity contribution >= 4 is 33.2 Å². The minimum Gasteiger partial charge on any atom is -0.367 e. The molecule has 2 aliphatic heterocycles. The van der Waals surface area contributed by atoms with E-state index in [1.54, 1.807) is 11.2 Å². The second-order valence-electron chi connectivity index (χ2n) is 6.95. The first-order valence-electron chi connectivity index (χ1n) is 8.83. The SMILES string of the molecule is Cc1cc([N+](=O)[O-])cc(Cl)c1N1CCN(S(=O)(=O)N2CCN(C)CC2)CC1. The second kappa shape index (κ2) is 7.88. The van der Waals surface area contributed by atoms with Gasteiger partial charge in [0.25, 0.3) is 15.9 Å². The number of piperazine rings is 2. The lowest BCUT2D eigenvalue weighted by Crippen LogP contribution is -2.56. The molecule has 2 heterocycles. The van der Waals surface area contributed by atoms with Crippen molar-refractivity contribution in [1.29, 1.82) is 0 Å². The first-order chi connectivity index (χ1) is 12.7. The Morgan fingerprint density at radius 1 is 1.00 bits per heavy atom. The number of nitro groups is 1. The molecule has 2 saturated heterocycles. The van der Waals surface area contributed by atoms with E-state index in [0.717, 1.165) is 18.8 Å². The molecule has 0 radical (unpaired) electrons. The molecule has 1 aromatic rings. The van der Waals surface area contributed by atoms with Gasteiger partial charge in [0.2, 0.25) is 0 Å². The summed E-state index contributed by atoms with van der Waals surface area (Å²) in [5.41, 5.74) is 1.40. The zero-order chi connectivity index (χ0) is 19.8. The van der Waals surface area contributed by atoms with Gasteiger partial charge in [0.05, 0.1) is 15.6 Å². The fourth-order valence-corrected chi connectivity index (χ4v) is 5.51. The third-order valence-corrected chi connectivity index (χ3v) is 7.44. The quantitative estimate of drug-likeness (QED) is 0.539. The van der Waals surface area contributed by atoms with E-state index in [9.17, 15) is 18.5 Å². The first kappa shape index (κ1) is 20.3. The molecule has 3 rings (SSSR count). The van der Waals surface area contributed by atoms with Gasteiger partial charge in [0, 0.05) is 64.5 Å². The van der Waals surface area contributed by atoms with Gasteiger partial charge in [-0.25, -0.2) is 0 Å². The summed E-state index contributed by atoms with van der Waals surface area (Å²) in [4.78, 5) is 14.6. The molecule has 0 atom stereocenters. The van der Waals surface area contributed by atoms with Crippen LogP contribution in [-0.4, -0.2) is 86.3 Å². The van der Waals surface area contributed by atoms with Crippen LogP contribution in [0.3, 0.4) is 0 Å². The van der Waals surface area contributed by atoms with Crippen LogP contribution in [0.15, 0.2) is 12.1 Å². The van der Waals surface area contributed by atoms with Crippen molar-refractivity contribution in [3.8, 4) is 0 Å². The monoisotopic (exact) mass is 417 g/mol. The van der Waals surface area contributed by atoms with Crippen molar-refractivity contribution < 1.29 is 13.3 Å². The predicted octanol–water partition coefficient (Wildman–Crippen LogP) is 1.17. The molecule has 9 nitrogen and oxygen atoms in total. The van der Waals surface area contributed by atoms with E-state index in [1.165, 1.54) is 16.4 Å². The smallest absolute Gasteiger partial charge is 0.282 e. The minimum atomic E-state index is -3.46. The maximum absolute atomic E-state index is 12.9. The zero-order valence-corrected chi connectivity index (χ0v) is 17.0. The highest BCUT2D eigenvalue weighted by Crippen LogP contribution is 2.34. The molecule has 1 aromatic carbocycles. The number of aryl methyl sites for hydroxylation is 1. The van der Waals surface area contributed by atoms with Crippen molar-refractivity contribution in [2.45, 2.75) is 6.92 Å². The van der Waals surface area contributed by atoms with E-state index in [-0.39, 0.29) is 5.69 Å². The number of benzene rings is 1. The molecular formula is C16H24ClN5O4S. The van der Waals surface area contributed by atoms with Gasteiger partial charge in [-0.15, -0.1) is 0 Å². The molecule has 0 amide bonds. The first-order valence-corrected chi connectivity index (χ1v) is 10.6. The van der Waals surface area contributed by atoms with Crippen LogP contribution < -0.4 is 4.90 Å². The Balaban J connectivity index is 1.70. The van der Waals surface area contributed by atoms with Gasteiger partial charge in [0.1, 0.15) is 0 Å². The van der Waals surface area contributed by atoms with Crippen LogP contribution in [0.5, 0.6) is 0 Å². The van der Waals surface area contributed by atoms with Gasteiger partial charge < -0.3 is 9.80 Å². The highest BCUT2D eigenvalue weighted by Gasteiger charge is 2.34. The number of non-ortho nitro benzene ring substituents is 1. The van der Waals surface area contributed by atoms with E-state index in [0.29, 0.717) is 49.9 Å². The maximum Gasteiger partial charge on any atom is 0.282 e. The van der Waals surface area contributed by atoms with Crippen molar-refractivity contribution in [3.05, 3.63) is 32.8 Å². The maximum atomic E-state index is 12.9. The molecule has 0 aliphatic carbocycles. The fraction of sp³-hybridized carbons (Fsp3) is 0.625. The van der Waals surface area contributed by atoms with Gasteiger partial charge in [0.15, 0.2) is 0 Å². The summed E-state index contributed by atoms with van der Waals surface area (Å²) in [5, 5.41) is 11.3. The Morgan fingerprint density at radius 3 is 2.00 bits per heavy atom. The molecule has 0 N–H and O–H groups in total. The number of hydrogen-bond donors (Lipinski definition) is 0. The Kier molecular flexibility index (Phi) is 5.92. The van der Waals surface area contributed by atoms with Crippen LogP contribution in [0.1, 0.15) is 5.56 Å². The van der Waals surface area contributed by atoms with Crippen molar-refractivity contribution in [1.82, 2.24) is 13.5 Å². The van der Waals surface area contributed by atoms with Crippen LogP contribution in [0.25, 0.3) is 0 Å². The van der Waals surface area contributed by atoms with E-state index in [1.807, 2.05) is 11.9 Å². The Bertz CT molecular complexity index is 795. The topological polar surface area (TPSA) is 90.2 Å². The average Bonchev–Trinajstić information content (AvgIpc) is 2.62. The molecule has 11 heteroatoms. The van der Waals surface area contributed by atoms with Crippen LogP contribution in [0.2, 0.25) is 5.02 Å². The number of rotatable bonds is 4. The van der Waals surface area contributed by atoms with E-state index in [4.69, 9.17) is 11.6 Å². The van der Waals surface area contributed by atoms with Gasteiger partial charge in [-0.3, -0.25) is 10.1 Å². The molecule has 0 saturated carbocycles. The van der Waals surface area contributed by atoms with Gasteiger partial charge >= 0.3 is 0 Å². The summed E-state index contributed by atoms with van der Waals surface area (Å²) >= 11 is 6.28. The van der Waals surface area contributed by atoms with Crippen molar-refractivity contribution in [3.63, 3.8) is 0 Å². The van der Waals surface area contributed by atoms with E-state index in [2.05, 4.69) is 4.90 Å². The molecule has 0 bridgehead atoms. The number of hydrogen-bond acceptors (Lipinski definition) is 6. The number of likely N-dealkylation sites (N-methyl/N-ethyl adjacent to an activating group) is 1. The minimum absolute atomic E-state index is 0.0440. The standard InChI is InChI=1S/C16H24ClN5O4S/c1-13-11-14(22(23)24)12-15(17)16(13)19-5-9-21(10-6-19)27(25,26)20-7-3-18(2)4-8-20/h11-12H,3-10H2,1-2H3. The Labute approximate surface area is 164 Å². The summed E-state index contributed by atoms with van der Waals surface area (Å²) in [6.45, 7) is 5.97. The third kappa shape index (κ3) is 4.19. The number of anilines is 1. The van der Waals surface area contributed by atoms with Gasteiger partial charge in [-0.1, -0.05) is 11.6 Å². The number of nitrogens with zero attached hydrogens (tertiary/aromatic N) is 5. The average molecular weight is 418 g/mol. The molecule has 0 unspecified atom stereocenters. The lowest BCUT2D eigenvalue weighted by Gasteiger charge is -2.40. The number of halogens is 1.